The fourth-order valence-electron chi connectivity index (χ4n) is 4.08. The number of aromatic nitrogens is 1. The van der Waals surface area contributed by atoms with Crippen LogP contribution in [0, 0.1) is 0 Å². The summed E-state index contributed by atoms with van der Waals surface area (Å²) < 4.78 is 11.3. The van der Waals surface area contributed by atoms with Crippen LogP contribution >= 0.6 is 0 Å². The molecular formula is C18H24N2O5. The van der Waals surface area contributed by atoms with Crippen molar-refractivity contribution < 1.29 is 24.2 Å². The van der Waals surface area contributed by atoms with Gasteiger partial charge in [-0.15, -0.1) is 0 Å². The van der Waals surface area contributed by atoms with E-state index in [4.69, 9.17) is 14.6 Å². The first kappa shape index (κ1) is 17.8. The Morgan fingerprint density at radius 3 is 2.96 bits per heavy atom. The number of ether oxygens (including phenoxy) is 2. The summed E-state index contributed by atoms with van der Waals surface area (Å²) in [6.45, 7) is 0.351. The molecule has 1 N–H and O–H groups in total. The van der Waals surface area contributed by atoms with Crippen LogP contribution < -0.4 is 0 Å². The predicted molar refractivity (Wildman–Crippen MR) is 89.0 cm³/mol. The number of carboxylic acid groups (broad SMARTS) is 1. The molecule has 1 amide bonds. The summed E-state index contributed by atoms with van der Waals surface area (Å²) in [5.41, 5.74) is 0.546. The zero-order valence-electron chi connectivity index (χ0n) is 14.4. The van der Waals surface area contributed by atoms with Crippen LogP contribution in [0.25, 0.3) is 0 Å². The lowest BCUT2D eigenvalue weighted by Gasteiger charge is -2.43. The van der Waals surface area contributed by atoms with Gasteiger partial charge in [-0.2, -0.15) is 0 Å². The molecule has 2 heterocycles. The molecule has 1 aromatic heterocycles. The summed E-state index contributed by atoms with van der Waals surface area (Å²) in [5.74, 6) is -0.921. The van der Waals surface area contributed by atoms with E-state index in [2.05, 4.69) is 4.98 Å². The lowest BCUT2D eigenvalue weighted by atomic mass is 9.79. The first-order valence-corrected chi connectivity index (χ1v) is 8.61. The van der Waals surface area contributed by atoms with Gasteiger partial charge < -0.3 is 19.5 Å². The number of likely N-dealkylation sites (tertiary alicyclic amines) is 1. The van der Waals surface area contributed by atoms with E-state index in [1.807, 2.05) is 17.0 Å². The lowest BCUT2D eigenvalue weighted by molar-refractivity contribution is -0.151. The van der Waals surface area contributed by atoms with Gasteiger partial charge in [0.05, 0.1) is 24.2 Å². The molecule has 1 aliphatic heterocycles. The zero-order chi connectivity index (χ0) is 17.9. The second kappa shape index (κ2) is 7.49. The third-order valence-electron chi connectivity index (χ3n) is 5.38. The van der Waals surface area contributed by atoms with Crippen molar-refractivity contribution >= 4 is 11.9 Å². The number of aliphatic carboxylic acids is 1. The van der Waals surface area contributed by atoms with Crippen molar-refractivity contribution in [1.29, 1.82) is 0 Å². The normalized spacial score (nSPS) is 28.6. The highest BCUT2D eigenvalue weighted by Crippen LogP contribution is 2.43. The van der Waals surface area contributed by atoms with E-state index in [9.17, 15) is 9.59 Å². The molecule has 0 unspecified atom stereocenters. The Balaban J connectivity index is 1.69. The van der Waals surface area contributed by atoms with E-state index in [1.54, 1.807) is 19.5 Å². The SMILES string of the molecule is CO[C@@]12CC[C@H](OCC(=O)O)C[C@@H]1N(C(=O)Cc1cccnc1)CC2. The topological polar surface area (TPSA) is 89.0 Å². The minimum atomic E-state index is -0.973. The first-order chi connectivity index (χ1) is 12.0. The minimum Gasteiger partial charge on any atom is -0.480 e. The summed E-state index contributed by atoms with van der Waals surface area (Å²) in [4.78, 5) is 29.5. The summed E-state index contributed by atoms with van der Waals surface area (Å²) in [6, 6.07) is 3.64. The van der Waals surface area contributed by atoms with Crippen molar-refractivity contribution in [3.05, 3.63) is 30.1 Å². The number of hydrogen-bond acceptors (Lipinski definition) is 5. The molecule has 25 heavy (non-hydrogen) atoms. The molecule has 7 nitrogen and oxygen atoms in total. The molecule has 0 spiro atoms. The number of carbonyl (C=O) groups excluding carboxylic acids is 1. The van der Waals surface area contributed by atoms with Gasteiger partial charge in [-0.3, -0.25) is 9.78 Å². The number of rotatable bonds is 6. The van der Waals surface area contributed by atoms with Gasteiger partial charge in [-0.05, 0) is 37.3 Å². The molecule has 3 rings (SSSR count). The Morgan fingerprint density at radius 1 is 1.44 bits per heavy atom. The molecule has 1 saturated heterocycles. The maximum Gasteiger partial charge on any atom is 0.329 e. The smallest absolute Gasteiger partial charge is 0.329 e. The standard InChI is InChI=1S/C18H24N2O5/c1-24-18-5-4-14(25-12-17(22)23)10-15(18)20(8-6-18)16(21)9-13-3-2-7-19-11-13/h2-3,7,11,14-15H,4-6,8-10,12H2,1H3,(H,22,23)/t14-,15-,18+/m0/s1. The van der Waals surface area contributed by atoms with Gasteiger partial charge in [0.2, 0.25) is 5.91 Å². The second-order valence-electron chi connectivity index (χ2n) is 6.76. The van der Waals surface area contributed by atoms with Crippen molar-refractivity contribution in [1.82, 2.24) is 9.88 Å². The third-order valence-corrected chi connectivity index (χ3v) is 5.38. The van der Waals surface area contributed by atoms with E-state index in [-0.39, 0.29) is 30.3 Å². The fraction of sp³-hybridized carbons (Fsp3) is 0.611. The van der Waals surface area contributed by atoms with E-state index < -0.39 is 5.97 Å². The van der Waals surface area contributed by atoms with Crippen LogP contribution in [0.4, 0.5) is 0 Å². The van der Waals surface area contributed by atoms with E-state index in [0.717, 1.165) is 24.8 Å². The third kappa shape index (κ3) is 3.82. The molecule has 7 heteroatoms. The van der Waals surface area contributed by atoms with Gasteiger partial charge in [0.1, 0.15) is 6.61 Å². The van der Waals surface area contributed by atoms with Crippen molar-refractivity contribution in [2.45, 2.75) is 49.9 Å². The molecule has 1 saturated carbocycles. The van der Waals surface area contributed by atoms with Crippen molar-refractivity contribution in [2.75, 3.05) is 20.3 Å². The van der Waals surface area contributed by atoms with E-state index in [1.165, 1.54) is 0 Å². The first-order valence-electron chi connectivity index (χ1n) is 8.61. The Hall–Kier alpha value is -1.99. The van der Waals surface area contributed by atoms with Gasteiger partial charge in [0.25, 0.3) is 0 Å². The largest absolute Gasteiger partial charge is 0.480 e. The number of methoxy groups -OCH3 is 1. The number of nitrogens with zero attached hydrogens (tertiary/aromatic N) is 2. The zero-order valence-corrected chi connectivity index (χ0v) is 14.4. The highest BCUT2D eigenvalue weighted by molar-refractivity contribution is 5.79. The summed E-state index contributed by atoms with van der Waals surface area (Å²) in [5, 5.41) is 8.81. The Bertz CT molecular complexity index is 623. The summed E-state index contributed by atoms with van der Waals surface area (Å²) in [7, 11) is 1.69. The van der Waals surface area contributed by atoms with Gasteiger partial charge >= 0.3 is 5.97 Å². The number of fused-ring (bicyclic) bond motifs is 1. The molecule has 1 aromatic rings. The summed E-state index contributed by atoms with van der Waals surface area (Å²) >= 11 is 0. The maximum atomic E-state index is 12.8. The maximum absolute atomic E-state index is 12.8. The molecule has 136 valence electrons. The Morgan fingerprint density at radius 2 is 2.28 bits per heavy atom. The monoisotopic (exact) mass is 348 g/mol. The number of hydrogen-bond donors (Lipinski definition) is 1. The lowest BCUT2D eigenvalue weighted by Crippen LogP contribution is -2.53. The van der Waals surface area contributed by atoms with Crippen LogP contribution in [0.15, 0.2) is 24.5 Å². The average Bonchev–Trinajstić information content (AvgIpc) is 3.00. The molecule has 1 aliphatic carbocycles. The van der Waals surface area contributed by atoms with Crippen LogP contribution in [0.2, 0.25) is 0 Å². The number of pyridine rings is 1. The molecule has 0 radical (unpaired) electrons. The highest BCUT2D eigenvalue weighted by Gasteiger charge is 2.52. The van der Waals surface area contributed by atoms with Crippen LogP contribution in [0.3, 0.4) is 0 Å². The van der Waals surface area contributed by atoms with Gasteiger partial charge in [0, 0.05) is 26.0 Å². The van der Waals surface area contributed by atoms with Gasteiger partial charge in [-0.1, -0.05) is 6.07 Å². The quantitative estimate of drug-likeness (QED) is 0.833. The van der Waals surface area contributed by atoms with Crippen molar-refractivity contribution in [3.8, 4) is 0 Å². The van der Waals surface area contributed by atoms with Gasteiger partial charge in [0.15, 0.2) is 0 Å². The van der Waals surface area contributed by atoms with Crippen LogP contribution in [0.5, 0.6) is 0 Å². The molecule has 2 aliphatic rings. The highest BCUT2D eigenvalue weighted by atomic mass is 16.5. The number of carbonyl (C=O) groups is 2. The predicted octanol–water partition coefficient (Wildman–Crippen LogP) is 1.26. The van der Waals surface area contributed by atoms with E-state index >= 15 is 0 Å². The van der Waals surface area contributed by atoms with E-state index in [0.29, 0.717) is 19.4 Å². The summed E-state index contributed by atoms with van der Waals surface area (Å²) in [6.07, 6.45) is 6.49. The number of carboxylic acids is 1. The molecular weight excluding hydrogens is 324 g/mol. The van der Waals surface area contributed by atoms with Crippen LogP contribution in [-0.4, -0.2) is 64.9 Å². The second-order valence-corrected chi connectivity index (χ2v) is 6.76. The molecule has 0 bridgehead atoms. The number of amides is 1. The Labute approximate surface area is 146 Å². The van der Waals surface area contributed by atoms with Crippen molar-refractivity contribution in [2.24, 2.45) is 0 Å². The van der Waals surface area contributed by atoms with Crippen molar-refractivity contribution in [3.63, 3.8) is 0 Å². The molecule has 0 aromatic carbocycles. The van der Waals surface area contributed by atoms with Crippen LogP contribution in [0.1, 0.15) is 31.2 Å². The van der Waals surface area contributed by atoms with Gasteiger partial charge in [-0.25, -0.2) is 4.79 Å². The van der Waals surface area contributed by atoms with Crippen LogP contribution in [-0.2, 0) is 25.5 Å². The average molecular weight is 348 g/mol. The Kier molecular flexibility index (Phi) is 5.34. The molecule has 3 atom stereocenters. The minimum absolute atomic E-state index is 0.0517. The molecule has 2 fully saturated rings. The fourth-order valence-corrected chi connectivity index (χ4v) is 4.08.